The Hall–Kier alpha value is -2.33. The molecule has 0 heterocycles. The van der Waals surface area contributed by atoms with Crippen molar-refractivity contribution < 1.29 is 18.8 Å². The highest BCUT2D eigenvalue weighted by atomic mass is 16.6. The zero-order valence-corrected chi connectivity index (χ0v) is 21.9. The van der Waals surface area contributed by atoms with Gasteiger partial charge in [-0.25, -0.2) is 0 Å². The lowest BCUT2D eigenvalue weighted by atomic mass is 10.0. The monoisotopic (exact) mass is 468 g/mol. The number of carbonyl (C=O) groups excluding carboxylic acids is 1. The largest absolute Gasteiger partial charge is 0.487 e. The van der Waals surface area contributed by atoms with Crippen LogP contribution in [0.1, 0.15) is 76.3 Å². The van der Waals surface area contributed by atoms with Crippen molar-refractivity contribution in [2.75, 3.05) is 27.2 Å². The van der Waals surface area contributed by atoms with Crippen molar-refractivity contribution in [2.24, 2.45) is 0 Å². The fourth-order valence-electron chi connectivity index (χ4n) is 4.16. The standard InChI is InChI=1S/C30H46NO3/c1-5-6-7-8-9-10-12-16-27-19-15-20-29(23-27)34-26(2)25-33-30(32)21-22-31(3,4)24-28-17-13-11-14-18-28/h11,13-15,17-20,23,26H,5-10,12,16,21-22,24-25H2,1-4H3/q+1. The second kappa shape index (κ2) is 15.5. The summed E-state index contributed by atoms with van der Waals surface area (Å²) in [7, 11) is 4.29. The van der Waals surface area contributed by atoms with Crippen LogP contribution in [0.15, 0.2) is 54.6 Å². The van der Waals surface area contributed by atoms with E-state index in [2.05, 4.69) is 63.5 Å². The van der Waals surface area contributed by atoms with Crippen LogP contribution in [0, 0.1) is 0 Å². The lowest BCUT2D eigenvalue weighted by molar-refractivity contribution is -0.903. The number of benzene rings is 2. The molecule has 0 aliphatic rings. The molecule has 34 heavy (non-hydrogen) atoms. The molecule has 2 rings (SSSR count). The van der Waals surface area contributed by atoms with Crippen LogP contribution < -0.4 is 4.74 Å². The van der Waals surface area contributed by atoms with Crippen molar-refractivity contribution >= 4 is 5.97 Å². The lowest BCUT2D eigenvalue weighted by Gasteiger charge is -2.29. The van der Waals surface area contributed by atoms with Crippen molar-refractivity contribution in [3.05, 3.63) is 65.7 Å². The van der Waals surface area contributed by atoms with E-state index in [1.807, 2.05) is 19.1 Å². The van der Waals surface area contributed by atoms with Crippen LogP contribution in [0.5, 0.6) is 5.75 Å². The number of ether oxygens (including phenoxy) is 2. The summed E-state index contributed by atoms with van der Waals surface area (Å²) in [5.74, 6) is 0.687. The Kier molecular flexibility index (Phi) is 12.8. The molecule has 0 aliphatic heterocycles. The first-order chi connectivity index (χ1) is 16.4. The summed E-state index contributed by atoms with van der Waals surface area (Å²) in [6.07, 6.45) is 10.6. The van der Waals surface area contributed by atoms with Crippen LogP contribution in [-0.4, -0.2) is 43.8 Å². The molecular weight excluding hydrogens is 422 g/mol. The Balaban J connectivity index is 1.64. The van der Waals surface area contributed by atoms with Crippen molar-refractivity contribution in [1.82, 2.24) is 0 Å². The highest BCUT2D eigenvalue weighted by Gasteiger charge is 2.19. The second-order valence-electron chi connectivity index (χ2n) is 10.2. The fourth-order valence-corrected chi connectivity index (χ4v) is 4.16. The number of esters is 1. The third-order valence-electron chi connectivity index (χ3n) is 6.16. The van der Waals surface area contributed by atoms with E-state index in [-0.39, 0.29) is 18.7 Å². The first kappa shape index (κ1) is 27.9. The number of hydrogen-bond donors (Lipinski definition) is 0. The number of unbranched alkanes of at least 4 members (excludes halogenated alkanes) is 6. The number of aryl methyl sites for hydroxylation is 1. The van der Waals surface area contributed by atoms with E-state index in [9.17, 15) is 4.79 Å². The summed E-state index contributed by atoms with van der Waals surface area (Å²) >= 11 is 0. The van der Waals surface area contributed by atoms with Gasteiger partial charge in [0.2, 0.25) is 0 Å². The summed E-state index contributed by atoms with van der Waals surface area (Å²) in [4.78, 5) is 12.3. The Morgan fingerprint density at radius 3 is 2.29 bits per heavy atom. The maximum absolute atomic E-state index is 12.3. The maximum atomic E-state index is 12.3. The normalized spacial score (nSPS) is 12.4. The molecule has 0 spiro atoms. The Bertz CT molecular complexity index is 819. The van der Waals surface area contributed by atoms with Crippen molar-refractivity contribution in [3.8, 4) is 5.75 Å². The molecule has 1 unspecified atom stereocenters. The highest BCUT2D eigenvalue weighted by Crippen LogP contribution is 2.18. The third kappa shape index (κ3) is 12.2. The van der Waals surface area contributed by atoms with E-state index in [1.54, 1.807) is 0 Å². The Morgan fingerprint density at radius 2 is 1.56 bits per heavy atom. The second-order valence-corrected chi connectivity index (χ2v) is 10.2. The van der Waals surface area contributed by atoms with Gasteiger partial charge in [0, 0.05) is 5.56 Å². The molecule has 0 amide bonds. The van der Waals surface area contributed by atoms with E-state index in [0.29, 0.717) is 6.42 Å². The summed E-state index contributed by atoms with van der Waals surface area (Å²) < 4.78 is 12.3. The lowest BCUT2D eigenvalue weighted by Crippen LogP contribution is -2.40. The summed E-state index contributed by atoms with van der Waals surface area (Å²) in [5, 5.41) is 0. The van der Waals surface area contributed by atoms with E-state index in [0.717, 1.165) is 29.7 Å². The average Bonchev–Trinajstić information content (AvgIpc) is 2.81. The molecule has 0 N–H and O–H groups in total. The van der Waals surface area contributed by atoms with Crippen molar-refractivity contribution in [3.63, 3.8) is 0 Å². The number of rotatable bonds is 17. The highest BCUT2D eigenvalue weighted by molar-refractivity contribution is 5.69. The summed E-state index contributed by atoms with van der Waals surface area (Å²) in [6, 6.07) is 18.7. The third-order valence-corrected chi connectivity index (χ3v) is 6.16. The molecule has 0 aliphatic carbocycles. The van der Waals surface area contributed by atoms with Gasteiger partial charge in [-0.1, -0.05) is 87.9 Å². The van der Waals surface area contributed by atoms with Gasteiger partial charge in [-0.15, -0.1) is 0 Å². The predicted octanol–water partition coefficient (Wildman–Crippen LogP) is 6.96. The maximum Gasteiger partial charge on any atom is 0.311 e. The van der Waals surface area contributed by atoms with Crippen LogP contribution in [0.25, 0.3) is 0 Å². The minimum Gasteiger partial charge on any atom is -0.487 e. The van der Waals surface area contributed by atoms with Crippen LogP contribution >= 0.6 is 0 Å². The van der Waals surface area contributed by atoms with Crippen LogP contribution in [0.2, 0.25) is 0 Å². The van der Waals surface area contributed by atoms with Gasteiger partial charge in [0.1, 0.15) is 25.0 Å². The fraction of sp³-hybridized carbons (Fsp3) is 0.567. The smallest absolute Gasteiger partial charge is 0.311 e. The van der Waals surface area contributed by atoms with Gasteiger partial charge in [0.25, 0.3) is 0 Å². The number of quaternary nitrogens is 1. The molecule has 188 valence electrons. The topological polar surface area (TPSA) is 35.5 Å². The Labute approximate surface area is 207 Å². The summed E-state index contributed by atoms with van der Waals surface area (Å²) in [5.41, 5.74) is 2.59. The molecule has 0 radical (unpaired) electrons. The van der Waals surface area contributed by atoms with E-state index < -0.39 is 0 Å². The number of nitrogens with zero attached hydrogens (tertiary/aromatic N) is 1. The minimum atomic E-state index is -0.176. The number of carbonyl (C=O) groups is 1. The molecule has 0 fully saturated rings. The van der Waals surface area contributed by atoms with E-state index in [1.165, 1.54) is 56.1 Å². The molecular formula is C30H46NO3+. The summed E-state index contributed by atoms with van der Waals surface area (Å²) in [6.45, 7) is 6.11. The van der Waals surface area contributed by atoms with Gasteiger partial charge in [-0.05, 0) is 37.5 Å². The van der Waals surface area contributed by atoms with Gasteiger partial charge < -0.3 is 14.0 Å². The van der Waals surface area contributed by atoms with Crippen molar-refractivity contribution in [1.29, 1.82) is 0 Å². The molecule has 0 bridgehead atoms. The average molecular weight is 469 g/mol. The first-order valence-electron chi connectivity index (χ1n) is 13.1. The predicted molar refractivity (Wildman–Crippen MR) is 141 cm³/mol. The molecule has 0 saturated heterocycles. The zero-order valence-electron chi connectivity index (χ0n) is 21.9. The van der Waals surface area contributed by atoms with Gasteiger partial charge >= 0.3 is 5.97 Å². The molecule has 0 aromatic heterocycles. The SMILES string of the molecule is CCCCCCCCCc1cccc(OC(C)COC(=O)CC[N+](C)(C)Cc2ccccc2)c1. The molecule has 4 nitrogen and oxygen atoms in total. The van der Waals surface area contributed by atoms with Crippen LogP contribution in [0.4, 0.5) is 0 Å². The molecule has 1 atom stereocenters. The van der Waals surface area contributed by atoms with E-state index >= 15 is 0 Å². The Morgan fingerprint density at radius 1 is 0.882 bits per heavy atom. The van der Waals surface area contributed by atoms with Gasteiger partial charge in [-0.2, -0.15) is 0 Å². The quantitative estimate of drug-likeness (QED) is 0.143. The van der Waals surface area contributed by atoms with Gasteiger partial charge in [-0.3, -0.25) is 4.79 Å². The minimum absolute atomic E-state index is 0.164. The first-order valence-corrected chi connectivity index (χ1v) is 13.1. The zero-order chi connectivity index (χ0) is 24.7. The van der Waals surface area contributed by atoms with Gasteiger partial charge in [0.05, 0.1) is 27.1 Å². The molecule has 4 heteroatoms. The molecule has 2 aromatic rings. The molecule has 0 saturated carbocycles. The number of hydrogen-bond acceptors (Lipinski definition) is 3. The van der Waals surface area contributed by atoms with E-state index in [4.69, 9.17) is 9.47 Å². The van der Waals surface area contributed by atoms with Crippen molar-refractivity contribution in [2.45, 2.75) is 84.3 Å². The van der Waals surface area contributed by atoms with Crippen LogP contribution in [-0.2, 0) is 22.5 Å². The molecule has 2 aromatic carbocycles. The van der Waals surface area contributed by atoms with Gasteiger partial charge in [0.15, 0.2) is 0 Å². The van der Waals surface area contributed by atoms with Crippen LogP contribution in [0.3, 0.4) is 0 Å².